The number of hydrogen-bond donors (Lipinski definition) is 2. The van der Waals surface area contributed by atoms with Gasteiger partial charge in [0, 0.05) is 18.2 Å². The van der Waals surface area contributed by atoms with E-state index in [0.29, 0.717) is 0 Å². The van der Waals surface area contributed by atoms with Gasteiger partial charge in [-0.3, -0.25) is 0 Å². The summed E-state index contributed by atoms with van der Waals surface area (Å²) in [4.78, 5) is 11.4. The van der Waals surface area contributed by atoms with Crippen molar-refractivity contribution in [3.8, 4) is 5.75 Å². The zero-order chi connectivity index (χ0) is 14.5. The molecule has 0 amide bonds. The monoisotopic (exact) mass is 267 g/mol. The minimum atomic E-state index is -1.55. The molecule has 0 bridgehead atoms. The first-order valence-corrected chi connectivity index (χ1v) is 6.09. The minimum Gasteiger partial charge on any atom is -0.496 e. The van der Waals surface area contributed by atoms with Crippen molar-refractivity contribution < 1.29 is 19.4 Å². The highest BCUT2D eigenvalue weighted by molar-refractivity contribution is 5.78. The number of aliphatic hydroxyl groups is 1. The van der Waals surface area contributed by atoms with Crippen LogP contribution in [0.2, 0.25) is 0 Å². The molecule has 1 aromatic rings. The van der Waals surface area contributed by atoms with Crippen LogP contribution in [0.5, 0.6) is 5.75 Å². The fraction of sp³-hybridized carbons (Fsp3) is 0.500. The van der Waals surface area contributed by atoms with E-state index in [4.69, 9.17) is 4.74 Å². The van der Waals surface area contributed by atoms with Crippen LogP contribution in [0.3, 0.4) is 0 Å². The Morgan fingerprint density at radius 1 is 1.42 bits per heavy atom. The van der Waals surface area contributed by atoms with Crippen LogP contribution in [-0.4, -0.2) is 37.4 Å². The summed E-state index contributed by atoms with van der Waals surface area (Å²) < 4.78 is 9.82. The summed E-state index contributed by atoms with van der Waals surface area (Å²) in [6.07, 6.45) is 0. The van der Waals surface area contributed by atoms with Gasteiger partial charge in [-0.15, -0.1) is 0 Å². The second kappa shape index (κ2) is 6.54. The number of hydrogen-bond acceptors (Lipinski definition) is 5. The molecule has 1 unspecified atom stereocenters. The number of nitrogens with one attached hydrogen (secondary N) is 1. The van der Waals surface area contributed by atoms with Crippen molar-refractivity contribution in [2.24, 2.45) is 0 Å². The summed E-state index contributed by atoms with van der Waals surface area (Å²) in [5.41, 5.74) is -0.587. The predicted octanol–water partition coefficient (Wildman–Crippen LogP) is 1.27. The van der Waals surface area contributed by atoms with Crippen LogP contribution in [0.4, 0.5) is 0 Å². The molecule has 19 heavy (non-hydrogen) atoms. The summed E-state index contributed by atoms with van der Waals surface area (Å²) in [7, 11) is 2.86. The Bertz CT molecular complexity index is 431. The SMILES string of the molecule is COC(=O)C(C)(O)CN[C@H](C)c1ccccc1OC. The molecule has 0 spiro atoms. The zero-order valence-electron chi connectivity index (χ0n) is 11.8. The van der Waals surface area contributed by atoms with Crippen molar-refractivity contribution in [2.45, 2.75) is 25.5 Å². The van der Waals surface area contributed by atoms with E-state index in [2.05, 4.69) is 10.1 Å². The zero-order valence-corrected chi connectivity index (χ0v) is 11.8. The standard InChI is InChI=1S/C14H21NO4/c1-10(11-7-5-6-8-12(11)18-3)15-9-14(2,17)13(16)19-4/h5-8,10,15,17H,9H2,1-4H3/t10-,14?/m1/s1. The highest BCUT2D eigenvalue weighted by atomic mass is 16.5. The molecule has 0 radical (unpaired) electrons. The molecular weight excluding hydrogens is 246 g/mol. The third kappa shape index (κ3) is 3.94. The Hall–Kier alpha value is -1.59. The Labute approximate surface area is 113 Å². The number of esters is 1. The molecule has 106 valence electrons. The van der Waals surface area contributed by atoms with Crippen LogP contribution in [-0.2, 0) is 9.53 Å². The maximum atomic E-state index is 11.4. The molecule has 0 aromatic heterocycles. The molecule has 0 saturated heterocycles. The van der Waals surface area contributed by atoms with Crippen LogP contribution >= 0.6 is 0 Å². The summed E-state index contributed by atoms with van der Waals surface area (Å²) in [5.74, 6) is 0.104. The van der Waals surface area contributed by atoms with Crippen LogP contribution in [0, 0.1) is 0 Å². The van der Waals surface area contributed by atoms with Gasteiger partial charge in [0.25, 0.3) is 0 Å². The van der Waals surface area contributed by atoms with Crippen molar-refractivity contribution in [1.82, 2.24) is 5.32 Å². The van der Waals surface area contributed by atoms with Crippen molar-refractivity contribution >= 4 is 5.97 Å². The number of carbonyl (C=O) groups excluding carboxylic acids is 1. The van der Waals surface area contributed by atoms with Gasteiger partial charge < -0.3 is 19.9 Å². The van der Waals surface area contributed by atoms with Crippen molar-refractivity contribution in [3.05, 3.63) is 29.8 Å². The van der Waals surface area contributed by atoms with Gasteiger partial charge in [0.1, 0.15) is 5.75 Å². The highest BCUT2D eigenvalue weighted by Gasteiger charge is 2.31. The van der Waals surface area contributed by atoms with E-state index in [0.717, 1.165) is 11.3 Å². The number of carbonyl (C=O) groups is 1. The molecule has 0 fully saturated rings. The molecule has 1 rings (SSSR count). The van der Waals surface area contributed by atoms with E-state index in [1.807, 2.05) is 31.2 Å². The number of para-hydroxylation sites is 1. The Balaban J connectivity index is 2.70. The van der Waals surface area contributed by atoms with Crippen LogP contribution in [0.1, 0.15) is 25.5 Å². The largest absolute Gasteiger partial charge is 0.496 e. The summed E-state index contributed by atoms with van der Waals surface area (Å²) in [6.45, 7) is 3.45. The molecule has 5 nitrogen and oxygen atoms in total. The fourth-order valence-corrected chi connectivity index (χ4v) is 1.78. The third-order valence-corrected chi connectivity index (χ3v) is 2.98. The average Bonchev–Trinajstić information content (AvgIpc) is 2.43. The van der Waals surface area contributed by atoms with Gasteiger partial charge in [0.15, 0.2) is 5.60 Å². The van der Waals surface area contributed by atoms with E-state index < -0.39 is 11.6 Å². The average molecular weight is 267 g/mol. The molecule has 5 heteroatoms. The van der Waals surface area contributed by atoms with Gasteiger partial charge >= 0.3 is 5.97 Å². The van der Waals surface area contributed by atoms with Crippen molar-refractivity contribution in [2.75, 3.05) is 20.8 Å². The maximum Gasteiger partial charge on any atom is 0.338 e. The molecule has 1 aromatic carbocycles. The summed E-state index contributed by atoms with van der Waals surface area (Å²) >= 11 is 0. The second-order valence-electron chi connectivity index (χ2n) is 4.61. The van der Waals surface area contributed by atoms with Crippen LogP contribution in [0.15, 0.2) is 24.3 Å². The lowest BCUT2D eigenvalue weighted by atomic mass is 10.0. The third-order valence-electron chi connectivity index (χ3n) is 2.98. The second-order valence-corrected chi connectivity index (χ2v) is 4.61. The first kappa shape index (κ1) is 15.5. The molecule has 2 N–H and O–H groups in total. The number of ether oxygens (including phenoxy) is 2. The number of rotatable bonds is 6. The Morgan fingerprint density at radius 3 is 2.63 bits per heavy atom. The topological polar surface area (TPSA) is 67.8 Å². The highest BCUT2D eigenvalue weighted by Crippen LogP contribution is 2.24. The van der Waals surface area contributed by atoms with E-state index in [1.54, 1.807) is 7.11 Å². The Kier molecular flexibility index (Phi) is 5.32. The van der Waals surface area contributed by atoms with Crippen LogP contribution in [0.25, 0.3) is 0 Å². The van der Waals surface area contributed by atoms with Gasteiger partial charge in [0.2, 0.25) is 0 Å². The van der Waals surface area contributed by atoms with Gasteiger partial charge in [0.05, 0.1) is 14.2 Å². The van der Waals surface area contributed by atoms with Gasteiger partial charge in [-0.25, -0.2) is 4.79 Å². The van der Waals surface area contributed by atoms with Gasteiger partial charge in [-0.05, 0) is 19.9 Å². The predicted molar refractivity (Wildman–Crippen MR) is 72.1 cm³/mol. The van der Waals surface area contributed by atoms with Gasteiger partial charge in [-0.2, -0.15) is 0 Å². The lowest BCUT2D eigenvalue weighted by Crippen LogP contribution is -2.46. The molecule has 0 aliphatic heterocycles. The first-order valence-electron chi connectivity index (χ1n) is 6.09. The Morgan fingerprint density at radius 2 is 2.05 bits per heavy atom. The summed E-state index contributed by atoms with van der Waals surface area (Å²) in [5, 5.41) is 13.0. The van der Waals surface area contributed by atoms with E-state index >= 15 is 0 Å². The molecule has 0 aliphatic carbocycles. The normalized spacial score (nSPS) is 15.4. The van der Waals surface area contributed by atoms with E-state index in [9.17, 15) is 9.90 Å². The molecule has 0 heterocycles. The lowest BCUT2D eigenvalue weighted by Gasteiger charge is -2.24. The molecule has 0 saturated carbocycles. The van der Waals surface area contributed by atoms with E-state index in [-0.39, 0.29) is 12.6 Å². The van der Waals surface area contributed by atoms with Crippen molar-refractivity contribution in [3.63, 3.8) is 0 Å². The quantitative estimate of drug-likeness (QED) is 0.760. The first-order chi connectivity index (χ1) is 8.92. The number of benzene rings is 1. The fourth-order valence-electron chi connectivity index (χ4n) is 1.78. The van der Waals surface area contributed by atoms with E-state index in [1.165, 1.54) is 14.0 Å². The molecule has 0 aliphatic rings. The smallest absolute Gasteiger partial charge is 0.338 e. The van der Waals surface area contributed by atoms with Crippen LogP contribution < -0.4 is 10.1 Å². The lowest BCUT2D eigenvalue weighted by molar-refractivity contribution is -0.160. The summed E-state index contributed by atoms with van der Waals surface area (Å²) in [6, 6.07) is 7.54. The molecular formula is C14H21NO4. The maximum absolute atomic E-state index is 11.4. The van der Waals surface area contributed by atoms with Gasteiger partial charge in [-0.1, -0.05) is 18.2 Å². The van der Waals surface area contributed by atoms with Crippen molar-refractivity contribution in [1.29, 1.82) is 0 Å². The minimum absolute atomic E-state index is 0.0627. The number of methoxy groups -OCH3 is 2. The molecule has 2 atom stereocenters.